The zero-order valence-electron chi connectivity index (χ0n) is 19.2. The molecule has 0 radical (unpaired) electrons. The lowest BCUT2D eigenvalue weighted by Gasteiger charge is -2.37. The lowest BCUT2D eigenvalue weighted by atomic mass is 9.63. The van der Waals surface area contributed by atoms with E-state index in [4.69, 9.17) is 0 Å². The molecule has 0 N–H and O–H groups in total. The van der Waals surface area contributed by atoms with Gasteiger partial charge in [-0.05, 0) is 47.1 Å². The largest absolute Gasteiger partial charge is 0.342 e. The van der Waals surface area contributed by atoms with Gasteiger partial charge in [0.1, 0.15) is 0 Å². The quantitative estimate of drug-likeness (QED) is 0.234. The van der Waals surface area contributed by atoms with Gasteiger partial charge in [0, 0.05) is 29.2 Å². The average molecular weight is 460 g/mol. The number of fused-ring (bicyclic) bond motifs is 3. The predicted molar refractivity (Wildman–Crippen MR) is 137 cm³/mol. The van der Waals surface area contributed by atoms with Crippen molar-refractivity contribution in [3.05, 3.63) is 96.2 Å². The maximum Gasteiger partial charge on any atom is 0.254 e. The van der Waals surface area contributed by atoms with Gasteiger partial charge in [-0.15, -0.1) is 0 Å². The molecule has 2 bridgehead atoms. The zero-order chi connectivity index (χ0) is 23.5. The lowest BCUT2D eigenvalue weighted by molar-refractivity contribution is -0.140. The van der Waals surface area contributed by atoms with Gasteiger partial charge in [0.15, 0.2) is 0 Å². The fourth-order valence-electron chi connectivity index (χ4n) is 6.41. The second-order valence-electron chi connectivity index (χ2n) is 9.94. The highest BCUT2D eigenvalue weighted by Crippen LogP contribution is 2.49. The van der Waals surface area contributed by atoms with Crippen molar-refractivity contribution in [3.8, 4) is 0 Å². The van der Waals surface area contributed by atoms with Crippen LogP contribution in [0.2, 0.25) is 0 Å². The van der Waals surface area contributed by atoms with E-state index in [0.717, 1.165) is 40.9 Å². The fourth-order valence-corrected chi connectivity index (χ4v) is 6.41. The Balaban J connectivity index is 1.23. The van der Waals surface area contributed by atoms with E-state index in [-0.39, 0.29) is 35.5 Å². The van der Waals surface area contributed by atoms with Crippen LogP contribution < -0.4 is 0 Å². The Morgan fingerprint density at radius 3 is 2.20 bits per heavy atom. The normalized spacial score (nSPS) is 25.4. The minimum atomic E-state index is -0.240. The van der Waals surface area contributed by atoms with Crippen LogP contribution in [0, 0.1) is 23.7 Å². The second kappa shape index (κ2) is 7.77. The molecule has 5 nitrogen and oxygen atoms in total. The smallest absolute Gasteiger partial charge is 0.254 e. The molecule has 1 aromatic heterocycles. The summed E-state index contributed by atoms with van der Waals surface area (Å²) in [4.78, 5) is 26.3. The minimum absolute atomic E-state index is 0.144. The van der Waals surface area contributed by atoms with Gasteiger partial charge in [-0.3, -0.25) is 9.59 Å². The van der Waals surface area contributed by atoms with Crippen molar-refractivity contribution in [1.29, 1.82) is 0 Å². The summed E-state index contributed by atoms with van der Waals surface area (Å²) in [5.74, 6) is -0.426. The summed E-state index contributed by atoms with van der Waals surface area (Å²) in [5, 5.41) is 9.12. The number of carbonyl (C=O) groups excluding carboxylic acids is 2. The molecule has 1 saturated carbocycles. The first-order valence-electron chi connectivity index (χ1n) is 12.3. The number of benzene rings is 3. The Labute approximate surface area is 203 Å². The monoisotopic (exact) mass is 459 g/mol. The first-order valence-corrected chi connectivity index (χ1v) is 12.3. The standard InChI is InChI=1S/C30H25N3O2/c34-29-27-20-12-13-21(15-14-20)28(27)30(35)33(29)31-16-23-18-32(26-11-4-3-10-25(23)26)17-22-8-5-7-19-6-1-2-9-24(19)22/h1-13,16,18,20-21,27-28H,14-15,17H2/b31-16-/t20-,21-,27-,28+/m1/s1. The van der Waals surface area contributed by atoms with Crippen LogP contribution >= 0.6 is 0 Å². The van der Waals surface area contributed by atoms with E-state index >= 15 is 0 Å². The summed E-state index contributed by atoms with van der Waals surface area (Å²) in [5.41, 5.74) is 3.23. The molecular formula is C30H25N3O2. The Hall–Kier alpha value is -3.99. The molecule has 4 aliphatic rings. The molecule has 0 unspecified atom stereocenters. The number of imide groups is 1. The molecule has 4 atom stereocenters. The molecule has 0 spiro atoms. The number of rotatable bonds is 4. The molecule has 3 aliphatic carbocycles. The molecule has 8 rings (SSSR count). The van der Waals surface area contributed by atoms with Gasteiger partial charge in [-0.1, -0.05) is 72.8 Å². The van der Waals surface area contributed by atoms with Crippen molar-refractivity contribution in [2.45, 2.75) is 19.4 Å². The van der Waals surface area contributed by atoms with Crippen molar-refractivity contribution in [2.75, 3.05) is 0 Å². The highest BCUT2D eigenvalue weighted by Gasteiger charge is 2.56. The number of carbonyl (C=O) groups is 2. The Morgan fingerprint density at radius 1 is 0.800 bits per heavy atom. The van der Waals surface area contributed by atoms with E-state index in [1.807, 2.05) is 12.1 Å². The van der Waals surface area contributed by atoms with Gasteiger partial charge in [0.05, 0.1) is 18.1 Å². The van der Waals surface area contributed by atoms with Crippen molar-refractivity contribution < 1.29 is 9.59 Å². The van der Waals surface area contributed by atoms with Gasteiger partial charge in [0.25, 0.3) is 11.8 Å². The molecular weight excluding hydrogens is 434 g/mol. The molecule has 3 aromatic carbocycles. The summed E-state index contributed by atoms with van der Waals surface area (Å²) in [7, 11) is 0. The number of aromatic nitrogens is 1. The summed E-state index contributed by atoms with van der Waals surface area (Å²) >= 11 is 0. The minimum Gasteiger partial charge on any atom is -0.342 e. The Morgan fingerprint density at radius 2 is 1.46 bits per heavy atom. The number of para-hydroxylation sites is 1. The van der Waals surface area contributed by atoms with Crippen LogP contribution in [0.15, 0.2) is 90.2 Å². The van der Waals surface area contributed by atoms with E-state index in [9.17, 15) is 9.59 Å². The molecule has 2 heterocycles. The topological polar surface area (TPSA) is 54.7 Å². The van der Waals surface area contributed by atoms with Crippen molar-refractivity contribution in [3.63, 3.8) is 0 Å². The number of hydrogen-bond acceptors (Lipinski definition) is 3. The van der Waals surface area contributed by atoms with E-state index in [0.29, 0.717) is 0 Å². The number of nitrogens with zero attached hydrogens (tertiary/aromatic N) is 3. The molecule has 1 aliphatic heterocycles. The second-order valence-corrected chi connectivity index (χ2v) is 9.94. The van der Waals surface area contributed by atoms with Crippen LogP contribution in [-0.4, -0.2) is 27.6 Å². The van der Waals surface area contributed by atoms with E-state index in [1.54, 1.807) is 6.21 Å². The van der Waals surface area contributed by atoms with Crippen LogP contribution in [0.5, 0.6) is 0 Å². The molecule has 2 fully saturated rings. The highest BCUT2D eigenvalue weighted by atomic mass is 16.2. The lowest BCUT2D eigenvalue weighted by Crippen LogP contribution is -2.38. The van der Waals surface area contributed by atoms with Crippen LogP contribution in [0.1, 0.15) is 24.0 Å². The molecule has 35 heavy (non-hydrogen) atoms. The third-order valence-corrected chi connectivity index (χ3v) is 8.09. The van der Waals surface area contributed by atoms with Gasteiger partial charge in [0.2, 0.25) is 0 Å². The molecule has 2 amide bonds. The SMILES string of the molecule is O=C1[C@@H]2[C@H](C(=O)N1/N=C\c1cn(Cc3cccc4ccccc34)c3ccccc13)[C@@H]1C=C[C@@H]2CC1. The highest BCUT2D eigenvalue weighted by molar-refractivity contribution is 6.07. The van der Waals surface area contributed by atoms with Crippen LogP contribution in [-0.2, 0) is 16.1 Å². The molecule has 1 saturated heterocycles. The summed E-state index contributed by atoms with van der Waals surface area (Å²) < 4.78 is 2.22. The van der Waals surface area contributed by atoms with Crippen molar-refractivity contribution in [2.24, 2.45) is 28.8 Å². The van der Waals surface area contributed by atoms with Gasteiger partial charge in [-0.25, -0.2) is 0 Å². The van der Waals surface area contributed by atoms with Crippen LogP contribution in [0.4, 0.5) is 0 Å². The van der Waals surface area contributed by atoms with E-state index < -0.39 is 0 Å². The first kappa shape index (κ1) is 20.4. The van der Waals surface area contributed by atoms with Crippen molar-refractivity contribution in [1.82, 2.24) is 9.58 Å². The third kappa shape index (κ3) is 3.11. The molecule has 4 aromatic rings. The van der Waals surface area contributed by atoms with Crippen LogP contribution in [0.3, 0.4) is 0 Å². The van der Waals surface area contributed by atoms with Gasteiger partial charge in [-0.2, -0.15) is 10.1 Å². The maximum absolute atomic E-state index is 13.1. The van der Waals surface area contributed by atoms with E-state index in [2.05, 4.69) is 82.6 Å². The molecule has 172 valence electrons. The van der Waals surface area contributed by atoms with Gasteiger partial charge < -0.3 is 4.57 Å². The summed E-state index contributed by atoms with van der Waals surface area (Å²) in [6, 6.07) is 23.0. The number of hydrazone groups is 1. The number of hydrogen-bond donors (Lipinski definition) is 0. The predicted octanol–water partition coefficient (Wildman–Crippen LogP) is 5.37. The molecule has 5 heteroatoms. The van der Waals surface area contributed by atoms with Crippen molar-refractivity contribution >= 4 is 39.7 Å². The number of allylic oxidation sites excluding steroid dienone is 2. The summed E-state index contributed by atoms with van der Waals surface area (Å²) in [6.45, 7) is 0.719. The zero-order valence-corrected chi connectivity index (χ0v) is 19.2. The van der Waals surface area contributed by atoms with Gasteiger partial charge >= 0.3 is 0 Å². The third-order valence-electron chi connectivity index (χ3n) is 8.09. The first-order chi connectivity index (χ1) is 17.2. The number of amides is 2. The fraction of sp³-hybridized carbons (Fsp3) is 0.233. The van der Waals surface area contributed by atoms with E-state index in [1.165, 1.54) is 16.3 Å². The average Bonchev–Trinajstić information content (AvgIpc) is 3.39. The Bertz CT molecular complexity index is 1530. The maximum atomic E-state index is 13.1. The Kier molecular flexibility index (Phi) is 4.53. The summed E-state index contributed by atoms with van der Waals surface area (Å²) in [6.07, 6.45) is 9.99. The van der Waals surface area contributed by atoms with Crippen LogP contribution in [0.25, 0.3) is 21.7 Å².